The number of ether oxygens (including phenoxy) is 2. The first kappa shape index (κ1) is 16.8. The Balaban J connectivity index is 2.99. The van der Waals surface area contributed by atoms with Crippen molar-refractivity contribution >= 4 is 17.6 Å². The number of carbonyl (C=O) groups excluding carboxylic acids is 1. The maximum Gasteiger partial charge on any atom is 0.316 e. The quantitative estimate of drug-likeness (QED) is 0.815. The molecular weight excluding hydrogens is 274 g/mol. The Morgan fingerprint density at radius 3 is 2.14 bits per heavy atom. The van der Waals surface area contributed by atoms with Gasteiger partial charge in [0, 0.05) is 11.8 Å². The monoisotopic (exact) mass is 295 g/mol. The Bertz CT molecular complexity index is 533. The first-order chi connectivity index (χ1) is 9.70. The second kappa shape index (κ2) is 6.47. The summed E-state index contributed by atoms with van der Waals surface area (Å²) in [5, 5.41) is 11.8. The minimum absolute atomic E-state index is 0.452. The lowest BCUT2D eigenvalue weighted by molar-refractivity contribution is -0.149. The SMILES string of the molecule is COc1ccc(NC(=O)C(C(=O)O)C(C)(C)C)cc1OC. The molecule has 0 aliphatic heterocycles. The lowest BCUT2D eigenvalue weighted by Gasteiger charge is -2.26. The van der Waals surface area contributed by atoms with Crippen molar-refractivity contribution in [3.63, 3.8) is 0 Å². The van der Waals surface area contributed by atoms with E-state index in [-0.39, 0.29) is 0 Å². The molecule has 0 spiro atoms. The summed E-state index contributed by atoms with van der Waals surface area (Å²) in [6, 6.07) is 4.85. The molecule has 6 nitrogen and oxygen atoms in total. The predicted molar refractivity (Wildman–Crippen MR) is 78.8 cm³/mol. The second-order valence-corrected chi connectivity index (χ2v) is 5.70. The van der Waals surface area contributed by atoms with Gasteiger partial charge in [-0.25, -0.2) is 0 Å². The fourth-order valence-electron chi connectivity index (χ4n) is 2.00. The van der Waals surface area contributed by atoms with Crippen LogP contribution in [0.3, 0.4) is 0 Å². The van der Waals surface area contributed by atoms with Gasteiger partial charge in [0.15, 0.2) is 11.5 Å². The van der Waals surface area contributed by atoms with E-state index >= 15 is 0 Å². The van der Waals surface area contributed by atoms with Crippen LogP contribution in [-0.4, -0.2) is 31.2 Å². The molecule has 0 bridgehead atoms. The third-order valence-corrected chi connectivity index (χ3v) is 3.03. The van der Waals surface area contributed by atoms with Gasteiger partial charge in [-0.05, 0) is 17.5 Å². The number of amides is 1. The Kier molecular flexibility index (Phi) is 5.18. The predicted octanol–water partition coefficient (Wildman–Crippen LogP) is 2.39. The summed E-state index contributed by atoms with van der Waals surface area (Å²) in [4.78, 5) is 23.5. The average Bonchev–Trinajstić information content (AvgIpc) is 2.36. The first-order valence-electron chi connectivity index (χ1n) is 6.46. The Morgan fingerprint density at radius 2 is 1.71 bits per heavy atom. The van der Waals surface area contributed by atoms with E-state index < -0.39 is 23.2 Å². The molecule has 1 unspecified atom stereocenters. The van der Waals surface area contributed by atoms with Gasteiger partial charge in [-0.3, -0.25) is 9.59 Å². The number of hydrogen-bond acceptors (Lipinski definition) is 4. The van der Waals surface area contributed by atoms with Crippen LogP contribution in [0.15, 0.2) is 18.2 Å². The summed E-state index contributed by atoms with van der Waals surface area (Å²) >= 11 is 0. The third-order valence-electron chi connectivity index (χ3n) is 3.03. The highest BCUT2D eigenvalue weighted by molar-refractivity contribution is 6.05. The van der Waals surface area contributed by atoms with E-state index in [0.717, 1.165) is 0 Å². The van der Waals surface area contributed by atoms with Crippen LogP contribution in [0.4, 0.5) is 5.69 Å². The number of carboxylic acids is 1. The van der Waals surface area contributed by atoms with Crippen LogP contribution in [0.25, 0.3) is 0 Å². The highest BCUT2D eigenvalue weighted by Crippen LogP contribution is 2.31. The van der Waals surface area contributed by atoms with Crippen molar-refractivity contribution in [2.45, 2.75) is 20.8 Å². The molecule has 116 valence electrons. The molecule has 0 aliphatic rings. The molecule has 2 N–H and O–H groups in total. The number of hydrogen-bond donors (Lipinski definition) is 2. The van der Waals surface area contributed by atoms with E-state index in [0.29, 0.717) is 17.2 Å². The third kappa shape index (κ3) is 4.11. The van der Waals surface area contributed by atoms with Crippen LogP contribution in [0.5, 0.6) is 11.5 Å². The molecule has 0 saturated carbocycles. The first-order valence-corrected chi connectivity index (χ1v) is 6.46. The molecule has 0 heterocycles. The highest BCUT2D eigenvalue weighted by atomic mass is 16.5. The molecule has 1 aromatic carbocycles. The largest absolute Gasteiger partial charge is 0.493 e. The van der Waals surface area contributed by atoms with E-state index in [1.807, 2.05) is 0 Å². The topological polar surface area (TPSA) is 84.9 Å². The highest BCUT2D eigenvalue weighted by Gasteiger charge is 2.37. The Hall–Kier alpha value is -2.24. The zero-order valence-corrected chi connectivity index (χ0v) is 12.9. The maximum absolute atomic E-state index is 12.2. The van der Waals surface area contributed by atoms with Gasteiger partial charge in [-0.1, -0.05) is 20.8 Å². The van der Waals surface area contributed by atoms with Gasteiger partial charge in [-0.2, -0.15) is 0 Å². The van der Waals surface area contributed by atoms with Gasteiger partial charge in [0.05, 0.1) is 14.2 Å². The smallest absolute Gasteiger partial charge is 0.316 e. The molecule has 0 saturated heterocycles. The van der Waals surface area contributed by atoms with Crippen LogP contribution >= 0.6 is 0 Å². The van der Waals surface area contributed by atoms with E-state index in [4.69, 9.17) is 9.47 Å². The number of aliphatic carboxylic acids is 1. The van der Waals surface area contributed by atoms with Gasteiger partial charge in [0.1, 0.15) is 5.92 Å². The summed E-state index contributed by atoms with van der Waals surface area (Å²) in [6.45, 7) is 5.12. The normalized spacial score (nSPS) is 12.4. The van der Waals surface area contributed by atoms with Gasteiger partial charge < -0.3 is 19.9 Å². The molecule has 1 amide bonds. The molecule has 0 aromatic heterocycles. The Labute approximate surface area is 124 Å². The van der Waals surface area contributed by atoms with Crippen molar-refractivity contribution in [3.05, 3.63) is 18.2 Å². The minimum atomic E-state index is -1.15. The van der Waals surface area contributed by atoms with E-state index in [2.05, 4.69) is 5.32 Å². The Morgan fingerprint density at radius 1 is 1.14 bits per heavy atom. The molecule has 0 aliphatic carbocycles. The lowest BCUT2D eigenvalue weighted by atomic mass is 9.80. The minimum Gasteiger partial charge on any atom is -0.493 e. The zero-order valence-electron chi connectivity index (χ0n) is 12.9. The molecule has 0 fully saturated rings. The number of carbonyl (C=O) groups is 2. The van der Waals surface area contributed by atoms with E-state index in [1.54, 1.807) is 39.0 Å². The number of carboxylic acid groups (broad SMARTS) is 1. The summed E-state index contributed by atoms with van der Waals surface area (Å²) < 4.78 is 10.2. The summed E-state index contributed by atoms with van der Waals surface area (Å²) in [5.41, 5.74) is -0.236. The maximum atomic E-state index is 12.2. The number of anilines is 1. The summed E-state index contributed by atoms with van der Waals surface area (Å²) in [7, 11) is 2.99. The van der Waals surface area contributed by atoms with Crippen molar-refractivity contribution in [2.24, 2.45) is 11.3 Å². The number of rotatable bonds is 5. The van der Waals surface area contributed by atoms with Crippen LogP contribution in [0, 0.1) is 11.3 Å². The van der Waals surface area contributed by atoms with E-state index in [1.165, 1.54) is 14.2 Å². The number of nitrogens with one attached hydrogen (secondary N) is 1. The average molecular weight is 295 g/mol. The van der Waals surface area contributed by atoms with Crippen LogP contribution < -0.4 is 14.8 Å². The summed E-state index contributed by atoms with van der Waals surface area (Å²) in [5.74, 6) is -1.88. The van der Waals surface area contributed by atoms with Crippen molar-refractivity contribution in [3.8, 4) is 11.5 Å². The van der Waals surface area contributed by atoms with Crippen molar-refractivity contribution in [2.75, 3.05) is 19.5 Å². The number of benzene rings is 1. The van der Waals surface area contributed by atoms with Gasteiger partial charge in [0.2, 0.25) is 5.91 Å². The number of methoxy groups -OCH3 is 2. The molecule has 0 radical (unpaired) electrons. The second-order valence-electron chi connectivity index (χ2n) is 5.70. The zero-order chi connectivity index (χ0) is 16.2. The fourth-order valence-corrected chi connectivity index (χ4v) is 2.00. The van der Waals surface area contributed by atoms with Crippen LogP contribution in [0.1, 0.15) is 20.8 Å². The van der Waals surface area contributed by atoms with Crippen molar-refractivity contribution in [1.82, 2.24) is 0 Å². The van der Waals surface area contributed by atoms with Crippen LogP contribution in [0.2, 0.25) is 0 Å². The van der Waals surface area contributed by atoms with Gasteiger partial charge >= 0.3 is 5.97 Å². The van der Waals surface area contributed by atoms with Gasteiger partial charge in [-0.15, -0.1) is 0 Å². The van der Waals surface area contributed by atoms with Crippen LogP contribution in [-0.2, 0) is 9.59 Å². The molecular formula is C15H21NO5. The molecule has 21 heavy (non-hydrogen) atoms. The molecule has 1 atom stereocenters. The molecule has 6 heteroatoms. The standard InChI is InChI=1S/C15H21NO5/c1-15(2,3)12(14(18)19)13(17)16-9-6-7-10(20-4)11(8-9)21-5/h6-8,12H,1-5H3,(H,16,17)(H,18,19). The molecule has 1 aromatic rings. The lowest BCUT2D eigenvalue weighted by Crippen LogP contribution is -2.39. The summed E-state index contributed by atoms with van der Waals surface area (Å²) in [6.07, 6.45) is 0. The fraction of sp³-hybridized carbons (Fsp3) is 0.467. The van der Waals surface area contributed by atoms with Crippen molar-refractivity contribution < 1.29 is 24.2 Å². The molecule has 1 rings (SSSR count). The van der Waals surface area contributed by atoms with Gasteiger partial charge in [0.25, 0.3) is 0 Å². The van der Waals surface area contributed by atoms with Crippen molar-refractivity contribution in [1.29, 1.82) is 0 Å². The van der Waals surface area contributed by atoms with E-state index in [9.17, 15) is 14.7 Å².